The molecule has 1 aliphatic rings. The van der Waals surface area contributed by atoms with Gasteiger partial charge in [0.1, 0.15) is 27.7 Å². The van der Waals surface area contributed by atoms with Crippen molar-refractivity contribution in [3.63, 3.8) is 0 Å². The number of benzene rings is 1. The molecule has 1 aromatic carbocycles. The molecular formula is C25H26F3N7O2S. The predicted molar refractivity (Wildman–Crippen MR) is 140 cm³/mol. The zero-order valence-corrected chi connectivity index (χ0v) is 21.6. The number of halogens is 3. The number of rotatable bonds is 6. The first kappa shape index (κ1) is 25.8. The first-order valence-electron chi connectivity index (χ1n) is 11.8. The van der Waals surface area contributed by atoms with E-state index in [4.69, 9.17) is 10.5 Å². The lowest BCUT2D eigenvalue weighted by atomic mass is 10.2. The van der Waals surface area contributed by atoms with Gasteiger partial charge in [-0.3, -0.25) is 9.69 Å². The number of carbonyl (C=O) groups is 1. The maximum absolute atomic E-state index is 13.6. The molecule has 4 heterocycles. The van der Waals surface area contributed by atoms with E-state index in [1.54, 1.807) is 14.0 Å². The van der Waals surface area contributed by atoms with Crippen molar-refractivity contribution in [3.8, 4) is 5.75 Å². The highest BCUT2D eigenvalue weighted by Gasteiger charge is 2.35. The van der Waals surface area contributed by atoms with Crippen LogP contribution in [0.5, 0.6) is 5.75 Å². The summed E-state index contributed by atoms with van der Waals surface area (Å²) in [5.41, 5.74) is 6.48. The molecule has 9 nitrogen and oxygen atoms in total. The SMILES string of the molecule is COc1ccc(CN2CCN(c3nc(N)c(C(=O)Nc4cc(C(F)(F)F)c5nc(C)cn5c4)s3)CC2)cc1. The van der Waals surface area contributed by atoms with Crippen LogP contribution in [0.4, 0.5) is 29.8 Å². The molecule has 0 unspecified atom stereocenters. The lowest BCUT2D eigenvalue weighted by Crippen LogP contribution is -2.45. The second kappa shape index (κ2) is 10.1. The quantitative estimate of drug-likeness (QED) is 0.373. The van der Waals surface area contributed by atoms with Crippen molar-refractivity contribution in [1.82, 2.24) is 19.3 Å². The van der Waals surface area contributed by atoms with E-state index in [9.17, 15) is 18.0 Å². The molecule has 1 fully saturated rings. The molecule has 38 heavy (non-hydrogen) atoms. The van der Waals surface area contributed by atoms with Gasteiger partial charge in [0, 0.05) is 45.1 Å². The Bertz CT molecular complexity index is 1460. The minimum atomic E-state index is -4.63. The second-order valence-electron chi connectivity index (χ2n) is 9.03. The molecule has 13 heteroatoms. The van der Waals surface area contributed by atoms with Crippen molar-refractivity contribution in [3.05, 3.63) is 64.4 Å². The summed E-state index contributed by atoms with van der Waals surface area (Å²) in [6.07, 6.45) is -1.78. The number of nitrogens with zero attached hydrogens (tertiary/aromatic N) is 5. The topological polar surface area (TPSA) is 101 Å². The molecule has 4 aromatic rings. The van der Waals surface area contributed by atoms with Gasteiger partial charge in [0.15, 0.2) is 5.13 Å². The zero-order valence-electron chi connectivity index (χ0n) is 20.7. The Kier molecular flexibility index (Phi) is 6.88. The molecule has 0 aliphatic carbocycles. The highest BCUT2D eigenvalue weighted by atomic mass is 32.1. The zero-order chi connectivity index (χ0) is 27.0. The maximum atomic E-state index is 13.6. The smallest absolute Gasteiger partial charge is 0.420 e. The number of hydrogen-bond donors (Lipinski definition) is 2. The monoisotopic (exact) mass is 545 g/mol. The van der Waals surface area contributed by atoms with Crippen molar-refractivity contribution in [2.24, 2.45) is 0 Å². The number of methoxy groups -OCH3 is 1. The molecule has 0 bridgehead atoms. The Morgan fingerprint density at radius 2 is 1.84 bits per heavy atom. The van der Waals surface area contributed by atoms with Gasteiger partial charge in [0.25, 0.3) is 5.91 Å². The third kappa shape index (κ3) is 5.38. The number of carbonyl (C=O) groups excluding carboxylic acids is 1. The molecule has 1 amide bonds. The second-order valence-corrected chi connectivity index (χ2v) is 10.0. The Labute approximate surface area is 220 Å². The number of imidazole rings is 1. The largest absolute Gasteiger partial charge is 0.497 e. The number of anilines is 3. The summed E-state index contributed by atoms with van der Waals surface area (Å²) in [7, 11) is 1.64. The van der Waals surface area contributed by atoms with Gasteiger partial charge >= 0.3 is 6.18 Å². The third-order valence-corrected chi connectivity index (χ3v) is 7.42. The summed E-state index contributed by atoms with van der Waals surface area (Å²) in [4.78, 5) is 25.8. The predicted octanol–water partition coefficient (Wildman–Crippen LogP) is 4.28. The van der Waals surface area contributed by atoms with Crippen LogP contribution >= 0.6 is 11.3 Å². The van der Waals surface area contributed by atoms with Crippen LogP contribution in [0.2, 0.25) is 0 Å². The van der Waals surface area contributed by atoms with Gasteiger partial charge in [-0.15, -0.1) is 0 Å². The molecule has 1 saturated heterocycles. The minimum Gasteiger partial charge on any atom is -0.497 e. The molecule has 3 N–H and O–H groups in total. The van der Waals surface area contributed by atoms with E-state index >= 15 is 0 Å². The average molecular weight is 546 g/mol. The number of pyridine rings is 1. The Balaban J connectivity index is 1.26. The van der Waals surface area contributed by atoms with Crippen LogP contribution in [0.15, 0.2) is 42.7 Å². The Morgan fingerprint density at radius 3 is 2.50 bits per heavy atom. The number of amides is 1. The number of aromatic nitrogens is 3. The van der Waals surface area contributed by atoms with E-state index in [0.29, 0.717) is 23.9 Å². The van der Waals surface area contributed by atoms with Crippen molar-refractivity contribution in [2.75, 3.05) is 49.2 Å². The van der Waals surface area contributed by atoms with Crippen molar-refractivity contribution in [2.45, 2.75) is 19.6 Å². The standard InChI is InChI=1S/C25H26F3N7O2S/c1-15-12-35-14-17(11-19(22(35)30-15)25(26,27)28)31-23(36)20-21(29)32-24(38-20)34-9-7-33(8-10-34)13-16-3-5-18(37-2)6-4-16/h3-6,11-12,14H,7-10,13,29H2,1-2H3,(H,31,36). The van der Waals surface area contributed by atoms with E-state index in [1.165, 1.54) is 22.4 Å². The van der Waals surface area contributed by atoms with Crippen molar-refractivity contribution >= 4 is 39.5 Å². The summed E-state index contributed by atoms with van der Waals surface area (Å²) >= 11 is 1.12. The molecule has 0 spiro atoms. The van der Waals surface area contributed by atoms with E-state index in [0.717, 1.165) is 42.8 Å². The van der Waals surface area contributed by atoms with Crippen molar-refractivity contribution in [1.29, 1.82) is 0 Å². The average Bonchev–Trinajstić information content (AvgIpc) is 3.45. The third-order valence-electron chi connectivity index (χ3n) is 6.29. The normalized spacial score (nSPS) is 14.7. The number of hydrogen-bond acceptors (Lipinski definition) is 8. The fraction of sp³-hybridized carbons (Fsp3) is 0.320. The number of nitrogens with two attached hydrogens (primary N) is 1. The lowest BCUT2D eigenvalue weighted by molar-refractivity contribution is -0.136. The van der Waals surface area contributed by atoms with Gasteiger partial charge in [0.2, 0.25) is 0 Å². The van der Waals surface area contributed by atoms with E-state index in [-0.39, 0.29) is 22.0 Å². The molecule has 200 valence electrons. The maximum Gasteiger partial charge on any atom is 0.420 e. The van der Waals surface area contributed by atoms with Crippen LogP contribution in [-0.2, 0) is 12.7 Å². The van der Waals surface area contributed by atoms with E-state index in [2.05, 4.69) is 25.1 Å². The number of ether oxygens (including phenoxy) is 1. The summed E-state index contributed by atoms with van der Waals surface area (Å²) in [6, 6.07) is 8.84. The number of nitrogen functional groups attached to an aromatic ring is 1. The van der Waals surface area contributed by atoms with Gasteiger partial charge in [-0.05, 0) is 30.7 Å². The first-order chi connectivity index (χ1) is 18.1. The summed E-state index contributed by atoms with van der Waals surface area (Å²) in [5, 5.41) is 3.14. The molecule has 0 saturated carbocycles. The fourth-order valence-corrected chi connectivity index (χ4v) is 5.32. The molecule has 0 atom stereocenters. The number of fused-ring (bicyclic) bond motifs is 1. The van der Waals surface area contributed by atoms with Gasteiger partial charge in [-0.25, -0.2) is 9.97 Å². The molecule has 0 radical (unpaired) electrons. The Hall–Kier alpha value is -3.84. The first-order valence-corrected chi connectivity index (χ1v) is 12.7. The van der Waals surface area contributed by atoms with Gasteiger partial charge < -0.3 is 25.1 Å². The summed E-state index contributed by atoms with van der Waals surface area (Å²) < 4.78 is 47.3. The summed E-state index contributed by atoms with van der Waals surface area (Å²) in [6.45, 7) is 5.43. The van der Waals surface area contributed by atoms with Crippen LogP contribution in [0.1, 0.15) is 26.5 Å². The van der Waals surface area contributed by atoms with Crippen molar-refractivity contribution < 1.29 is 22.7 Å². The number of piperazine rings is 1. The number of alkyl halides is 3. The van der Waals surface area contributed by atoms with Gasteiger partial charge in [-0.2, -0.15) is 13.2 Å². The van der Waals surface area contributed by atoms with Crippen LogP contribution in [0.3, 0.4) is 0 Å². The van der Waals surface area contributed by atoms with Gasteiger partial charge in [0.05, 0.1) is 18.5 Å². The molecular weight excluding hydrogens is 519 g/mol. The molecule has 5 rings (SSSR count). The number of nitrogens with one attached hydrogen (secondary N) is 1. The highest BCUT2D eigenvalue weighted by molar-refractivity contribution is 7.18. The molecule has 3 aromatic heterocycles. The van der Waals surface area contributed by atoms with E-state index in [1.807, 2.05) is 24.3 Å². The highest BCUT2D eigenvalue weighted by Crippen LogP contribution is 2.35. The minimum absolute atomic E-state index is 0.0197. The number of thiazole rings is 1. The van der Waals surface area contributed by atoms with Gasteiger partial charge in [-0.1, -0.05) is 23.5 Å². The molecule has 1 aliphatic heterocycles. The fourth-order valence-electron chi connectivity index (χ4n) is 4.39. The Morgan fingerprint density at radius 1 is 1.13 bits per heavy atom. The van der Waals surface area contributed by atoms with Crippen LogP contribution in [-0.4, -0.2) is 58.5 Å². The van der Waals surface area contributed by atoms with Crippen LogP contribution in [0, 0.1) is 6.92 Å². The lowest BCUT2D eigenvalue weighted by Gasteiger charge is -2.34. The summed E-state index contributed by atoms with van der Waals surface area (Å²) in [5.74, 6) is 0.241. The van der Waals surface area contributed by atoms with E-state index < -0.39 is 17.6 Å². The number of aryl methyl sites for hydroxylation is 1. The van der Waals surface area contributed by atoms with Crippen LogP contribution < -0.4 is 20.7 Å². The van der Waals surface area contributed by atoms with Crippen LogP contribution in [0.25, 0.3) is 5.65 Å².